The van der Waals surface area contributed by atoms with Gasteiger partial charge in [0, 0.05) is 31.1 Å². The lowest BCUT2D eigenvalue weighted by atomic mass is 9.92. The number of hydrogen-bond donors (Lipinski definition) is 0. The molecule has 1 heterocycles. The predicted octanol–water partition coefficient (Wildman–Crippen LogP) is 2.21. The topological polar surface area (TPSA) is 54.5 Å². The summed E-state index contributed by atoms with van der Waals surface area (Å²) in [6, 6.07) is 2.72. The van der Waals surface area contributed by atoms with Crippen LogP contribution in [0.3, 0.4) is 0 Å². The predicted molar refractivity (Wildman–Crippen MR) is 74.4 cm³/mol. The van der Waals surface area contributed by atoms with E-state index in [0.717, 1.165) is 24.8 Å². The van der Waals surface area contributed by atoms with E-state index in [2.05, 4.69) is 0 Å². The van der Waals surface area contributed by atoms with Crippen LogP contribution in [0, 0.1) is 17.6 Å². The van der Waals surface area contributed by atoms with Crippen LogP contribution in [-0.4, -0.2) is 37.9 Å². The molecule has 1 unspecified atom stereocenters. The Morgan fingerprint density at radius 2 is 1.90 bits per heavy atom. The van der Waals surface area contributed by atoms with Gasteiger partial charge in [0.15, 0.2) is 5.78 Å². The molecule has 4 nitrogen and oxygen atoms in total. The molecule has 1 aliphatic rings. The maximum atomic E-state index is 13.1. The quantitative estimate of drug-likeness (QED) is 0.800. The first-order chi connectivity index (χ1) is 9.75. The van der Waals surface area contributed by atoms with Gasteiger partial charge in [-0.3, -0.25) is 4.79 Å². The molecule has 1 aromatic carbocycles. The maximum Gasteiger partial charge on any atom is 0.211 e. The summed E-state index contributed by atoms with van der Waals surface area (Å²) < 4.78 is 50.6. The summed E-state index contributed by atoms with van der Waals surface area (Å²) in [5, 5.41) is 0. The van der Waals surface area contributed by atoms with Gasteiger partial charge in [0.1, 0.15) is 11.6 Å². The van der Waals surface area contributed by atoms with Crippen molar-refractivity contribution >= 4 is 15.8 Å². The van der Waals surface area contributed by atoms with Gasteiger partial charge in [0.25, 0.3) is 0 Å². The van der Waals surface area contributed by atoms with Gasteiger partial charge >= 0.3 is 0 Å². The number of nitrogens with zero attached hydrogens (tertiary/aromatic N) is 1. The lowest BCUT2D eigenvalue weighted by Gasteiger charge is -2.30. The number of carbonyl (C=O) groups excluding carboxylic acids is 1. The highest BCUT2D eigenvalue weighted by Crippen LogP contribution is 2.23. The monoisotopic (exact) mass is 317 g/mol. The van der Waals surface area contributed by atoms with Gasteiger partial charge < -0.3 is 0 Å². The molecule has 1 atom stereocenters. The fraction of sp³-hybridized carbons (Fsp3) is 0.500. The lowest BCUT2D eigenvalue weighted by molar-refractivity contribution is 0.0941. The van der Waals surface area contributed by atoms with Gasteiger partial charge in [-0.15, -0.1) is 0 Å². The van der Waals surface area contributed by atoms with Crippen molar-refractivity contribution in [1.82, 2.24) is 4.31 Å². The summed E-state index contributed by atoms with van der Waals surface area (Å²) in [6.07, 6.45) is 2.64. The summed E-state index contributed by atoms with van der Waals surface area (Å²) in [6.45, 7) is 0.737. The molecule has 2 rings (SSSR count). The molecule has 1 fully saturated rings. The fourth-order valence-electron chi connectivity index (χ4n) is 2.59. The van der Waals surface area contributed by atoms with Crippen LogP contribution in [0.25, 0.3) is 0 Å². The van der Waals surface area contributed by atoms with Crippen molar-refractivity contribution < 1.29 is 22.0 Å². The number of Topliss-reactive ketones (excluding diaryl/α,β-unsaturated/α-hetero) is 1. The van der Waals surface area contributed by atoms with Crippen LogP contribution in [0.2, 0.25) is 0 Å². The average Bonchev–Trinajstić information content (AvgIpc) is 2.37. The second kappa shape index (κ2) is 6.19. The van der Waals surface area contributed by atoms with Crippen LogP contribution in [-0.2, 0) is 10.0 Å². The minimum absolute atomic E-state index is 0.0102. The first-order valence-electron chi connectivity index (χ1n) is 6.70. The van der Waals surface area contributed by atoms with Crippen molar-refractivity contribution in [3.05, 3.63) is 35.4 Å². The third kappa shape index (κ3) is 4.31. The Morgan fingerprint density at radius 1 is 1.29 bits per heavy atom. The second-order valence-electron chi connectivity index (χ2n) is 5.41. The lowest BCUT2D eigenvalue weighted by Crippen LogP contribution is -2.39. The Bertz CT molecular complexity index is 625. The summed E-state index contributed by atoms with van der Waals surface area (Å²) in [4.78, 5) is 12.1. The van der Waals surface area contributed by atoms with E-state index >= 15 is 0 Å². The third-order valence-electron chi connectivity index (χ3n) is 3.61. The minimum atomic E-state index is -3.27. The molecule has 0 aromatic heterocycles. The molecule has 1 saturated heterocycles. The van der Waals surface area contributed by atoms with Crippen LogP contribution < -0.4 is 0 Å². The number of ketones is 1. The molecule has 0 bridgehead atoms. The zero-order valence-electron chi connectivity index (χ0n) is 11.7. The number of carbonyl (C=O) groups is 1. The first-order valence-corrected chi connectivity index (χ1v) is 8.55. The highest BCUT2D eigenvalue weighted by atomic mass is 32.2. The van der Waals surface area contributed by atoms with Crippen molar-refractivity contribution in [2.24, 2.45) is 5.92 Å². The molecular formula is C14H17F2NO3S. The minimum Gasteiger partial charge on any atom is -0.294 e. The first kappa shape index (κ1) is 16.0. The van der Waals surface area contributed by atoms with Gasteiger partial charge in [0.05, 0.1) is 6.26 Å². The maximum absolute atomic E-state index is 13.1. The van der Waals surface area contributed by atoms with Crippen molar-refractivity contribution in [2.75, 3.05) is 19.3 Å². The molecule has 7 heteroatoms. The highest BCUT2D eigenvalue weighted by molar-refractivity contribution is 7.88. The summed E-state index contributed by atoms with van der Waals surface area (Å²) >= 11 is 0. The normalized spacial score (nSPS) is 20.4. The van der Waals surface area contributed by atoms with Gasteiger partial charge in [-0.2, -0.15) is 0 Å². The van der Waals surface area contributed by atoms with Crippen molar-refractivity contribution in [3.8, 4) is 0 Å². The molecule has 0 aliphatic carbocycles. The molecule has 1 aromatic rings. The van der Waals surface area contributed by atoms with Crippen LogP contribution in [0.4, 0.5) is 8.78 Å². The van der Waals surface area contributed by atoms with Crippen LogP contribution in [0.1, 0.15) is 29.6 Å². The fourth-order valence-corrected chi connectivity index (χ4v) is 3.53. The molecule has 0 N–H and O–H groups in total. The van der Waals surface area contributed by atoms with E-state index in [4.69, 9.17) is 0 Å². The standard InChI is InChI=1S/C14H17F2NO3S/c1-21(19,20)17-4-2-3-10(9-17)5-14(18)11-6-12(15)8-13(16)7-11/h6-8,10H,2-5,9H2,1H3. The summed E-state index contributed by atoms with van der Waals surface area (Å²) in [5.74, 6) is -2.07. The van der Waals surface area contributed by atoms with E-state index in [0.29, 0.717) is 19.0 Å². The van der Waals surface area contributed by atoms with Crippen LogP contribution in [0.15, 0.2) is 18.2 Å². The zero-order chi connectivity index (χ0) is 15.6. The Kier molecular flexibility index (Phi) is 4.73. The number of hydrogen-bond acceptors (Lipinski definition) is 3. The van der Waals surface area contributed by atoms with E-state index in [1.807, 2.05) is 0 Å². The van der Waals surface area contributed by atoms with E-state index in [1.54, 1.807) is 0 Å². The number of sulfonamides is 1. The Hall–Kier alpha value is -1.34. The zero-order valence-corrected chi connectivity index (χ0v) is 12.5. The Morgan fingerprint density at radius 3 is 2.48 bits per heavy atom. The molecule has 0 radical (unpaired) electrons. The average molecular weight is 317 g/mol. The van der Waals surface area contributed by atoms with Crippen molar-refractivity contribution in [1.29, 1.82) is 0 Å². The molecule has 0 spiro atoms. The number of rotatable bonds is 4. The van der Waals surface area contributed by atoms with E-state index < -0.39 is 21.7 Å². The molecule has 21 heavy (non-hydrogen) atoms. The van der Waals surface area contributed by atoms with E-state index in [9.17, 15) is 22.0 Å². The smallest absolute Gasteiger partial charge is 0.211 e. The molecule has 1 aliphatic heterocycles. The van der Waals surface area contributed by atoms with Crippen molar-refractivity contribution in [2.45, 2.75) is 19.3 Å². The molecule has 116 valence electrons. The van der Waals surface area contributed by atoms with Gasteiger partial charge in [-0.05, 0) is 30.9 Å². The Labute approximate surface area is 122 Å². The largest absolute Gasteiger partial charge is 0.294 e. The van der Waals surface area contributed by atoms with Gasteiger partial charge in [-0.1, -0.05) is 0 Å². The molecule has 0 saturated carbocycles. The van der Waals surface area contributed by atoms with Gasteiger partial charge in [0.2, 0.25) is 10.0 Å². The molecule has 0 amide bonds. The summed E-state index contributed by atoms with van der Waals surface area (Å²) in [7, 11) is -3.27. The van der Waals surface area contributed by atoms with Crippen LogP contribution in [0.5, 0.6) is 0 Å². The van der Waals surface area contributed by atoms with E-state index in [-0.39, 0.29) is 30.2 Å². The number of piperidine rings is 1. The van der Waals surface area contributed by atoms with Crippen LogP contribution >= 0.6 is 0 Å². The summed E-state index contributed by atoms with van der Waals surface area (Å²) in [5.41, 5.74) is -0.0102. The van der Waals surface area contributed by atoms with Gasteiger partial charge in [-0.25, -0.2) is 21.5 Å². The SMILES string of the molecule is CS(=O)(=O)N1CCCC(CC(=O)c2cc(F)cc(F)c2)C1. The molecular weight excluding hydrogens is 300 g/mol. The van der Waals surface area contributed by atoms with E-state index in [1.165, 1.54) is 4.31 Å². The second-order valence-corrected chi connectivity index (χ2v) is 7.40. The highest BCUT2D eigenvalue weighted by Gasteiger charge is 2.27. The van der Waals surface area contributed by atoms with Crippen molar-refractivity contribution in [3.63, 3.8) is 0 Å². The number of benzene rings is 1. The third-order valence-corrected chi connectivity index (χ3v) is 4.88. The number of halogens is 2. The Balaban J connectivity index is 2.05.